The molecule has 0 bridgehead atoms. The topological polar surface area (TPSA) is 149 Å². The van der Waals surface area contributed by atoms with E-state index < -0.39 is 16.0 Å². The summed E-state index contributed by atoms with van der Waals surface area (Å²) in [7, 11) is -3.75. The van der Waals surface area contributed by atoms with Crippen molar-refractivity contribution in [3.8, 4) is 0 Å². The Morgan fingerprint density at radius 2 is 2.06 bits per heavy atom. The van der Waals surface area contributed by atoms with Crippen LogP contribution in [0.25, 0.3) is 21.8 Å². The predicted molar refractivity (Wildman–Crippen MR) is 125 cm³/mol. The van der Waals surface area contributed by atoms with E-state index in [0.29, 0.717) is 34.6 Å². The number of sulfonamides is 1. The van der Waals surface area contributed by atoms with Crippen molar-refractivity contribution in [2.75, 3.05) is 6.54 Å². The third-order valence-electron chi connectivity index (χ3n) is 5.56. The molecule has 1 aliphatic rings. The van der Waals surface area contributed by atoms with Crippen LogP contribution in [0.15, 0.2) is 34.1 Å². The number of aryl methyl sites for hydroxylation is 1. The van der Waals surface area contributed by atoms with E-state index >= 15 is 0 Å². The molecule has 0 saturated heterocycles. The fourth-order valence-electron chi connectivity index (χ4n) is 3.99. The van der Waals surface area contributed by atoms with Crippen molar-refractivity contribution in [1.29, 1.82) is 0 Å². The zero-order valence-corrected chi connectivity index (χ0v) is 19.3. The van der Waals surface area contributed by atoms with Crippen molar-refractivity contribution >= 4 is 50.2 Å². The summed E-state index contributed by atoms with van der Waals surface area (Å²) in [5, 5.41) is 10.2. The van der Waals surface area contributed by atoms with Gasteiger partial charge < -0.3 is 20.8 Å². The average molecular weight is 483 g/mol. The highest BCUT2D eigenvalue weighted by molar-refractivity contribution is 7.89. The van der Waals surface area contributed by atoms with E-state index in [9.17, 15) is 18.0 Å². The van der Waals surface area contributed by atoms with Crippen LogP contribution >= 0.6 is 12.4 Å². The molecule has 2 aromatic heterocycles. The molecule has 2 heterocycles. The number of nitrogens with two attached hydrogens (primary N) is 1. The zero-order chi connectivity index (χ0) is 22.3. The van der Waals surface area contributed by atoms with Gasteiger partial charge in [-0.25, -0.2) is 8.42 Å². The number of aliphatic carboxylic acids is 1. The first-order valence-electron chi connectivity index (χ1n) is 10.3. The molecule has 0 aliphatic heterocycles. The van der Waals surface area contributed by atoms with Gasteiger partial charge in [0, 0.05) is 47.5 Å². The lowest BCUT2D eigenvalue weighted by Crippen LogP contribution is -2.41. The molecule has 0 unspecified atom stereocenters. The highest BCUT2D eigenvalue weighted by atomic mass is 35.5. The van der Waals surface area contributed by atoms with Gasteiger partial charge >= 0.3 is 5.97 Å². The predicted octanol–water partition coefficient (Wildman–Crippen LogP) is 2.34. The van der Waals surface area contributed by atoms with Crippen molar-refractivity contribution in [2.45, 2.75) is 56.0 Å². The number of carboxylic acid groups (broad SMARTS) is 1. The van der Waals surface area contributed by atoms with Crippen LogP contribution in [0, 0.1) is 0 Å². The summed E-state index contributed by atoms with van der Waals surface area (Å²) in [5.74, 6) is -0.884. The van der Waals surface area contributed by atoms with Gasteiger partial charge in [-0.15, -0.1) is 12.4 Å². The number of carboxylic acids is 1. The van der Waals surface area contributed by atoms with Gasteiger partial charge in [-0.2, -0.15) is 4.31 Å². The number of hydrogen-bond donors (Lipinski definition) is 4. The molecule has 5 N–H and O–H groups in total. The summed E-state index contributed by atoms with van der Waals surface area (Å²) in [6, 6.07) is 4.39. The maximum Gasteiger partial charge on any atom is 0.303 e. The molecule has 4 rings (SSSR count). The van der Waals surface area contributed by atoms with Crippen LogP contribution in [0.3, 0.4) is 0 Å². The Kier molecular flexibility index (Phi) is 6.99. The summed E-state index contributed by atoms with van der Waals surface area (Å²) >= 11 is 0. The van der Waals surface area contributed by atoms with Gasteiger partial charge in [0.05, 0.1) is 4.90 Å². The van der Waals surface area contributed by atoms with Gasteiger partial charge in [-0.3, -0.25) is 9.59 Å². The SMILES string of the molecule is C[C@@H](N)CN(C1CC1)S(=O)(=O)c1ccc2[nH]c(=O)c3[nH]cc(CCCC(=O)O)c3c2c1.Cl. The van der Waals surface area contributed by atoms with Crippen LogP contribution < -0.4 is 11.3 Å². The maximum absolute atomic E-state index is 13.4. The second-order valence-electron chi connectivity index (χ2n) is 8.26. The molecule has 11 heteroatoms. The van der Waals surface area contributed by atoms with E-state index in [1.807, 2.05) is 0 Å². The fourth-order valence-corrected chi connectivity index (χ4v) is 5.80. The Hall–Kier alpha value is -2.40. The quantitative estimate of drug-likeness (QED) is 0.367. The third kappa shape index (κ3) is 4.68. The van der Waals surface area contributed by atoms with Crippen molar-refractivity contribution in [3.63, 3.8) is 0 Å². The van der Waals surface area contributed by atoms with Crippen LogP contribution in [0.2, 0.25) is 0 Å². The van der Waals surface area contributed by atoms with E-state index in [0.717, 1.165) is 18.4 Å². The molecule has 1 aliphatic carbocycles. The van der Waals surface area contributed by atoms with Gasteiger partial charge in [-0.05, 0) is 56.4 Å². The van der Waals surface area contributed by atoms with E-state index in [1.54, 1.807) is 25.3 Å². The molecule has 1 aromatic carbocycles. The summed E-state index contributed by atoms with van der Waals surface area (Å²) in [4.78, 5) is 29.2. The number of rotatable bonds is 9. The van der Waals surface area contributed by atoms with Crippen LogP contribution in [-0.4, -0.2) is 52.4 Å². The Morgan fingerprint density at radius 1 is 1.34 bits per heavy atom. The number of fused-ring (bicyclic) bond motifs is 3. The zero-order valence-electron chi connectivity index (χ0n) is 17.6. The van der Waals surface area contributed by atoms with Crippen LogP contribution in [-0.2, 0) is 21.2 Å². The molecule has 3 aromatic rings. The van der Waals surface area contributed by atoms with E-state index in [4.69, 9.17) is 10.8 Å². The fraction of sp³-hybridized carbons (Fsp3) is 0.429. The molecule has 1 atom stereocenters. The van der Waals surface area contributed by atoms with E-state index in [1.165, 1.54) is 10.4 Å². The number of benzene rings is 1. The minimum absolute atomic E-state index is 0. The molecule has 32 heavy (non-hydrogen) atoms. The Morgan fingerprint density at radius 3 is 2.69 bits per heavy atom. The first kappa shape index (κ1) is 24.2. The highest BCUT2D eigenvalue weighted by Gasteiger charge is 2.38. The average Bonchev–Trinajstić information content (AvgIpc) is 3.44. The van der Waals surface area contributed by atoms with Crippen LogP contribution in [0.5, 0.6) is 0 Å². The van der Waals surface area contributed by atoms with Crippen LogP contribution in [0.4, 0.5) is 0 Å². The number of aromatic nitrogens is 2. The summed E-state index contributed by atoms with van der Waals surface area (Å²) in [6.07, 6.45) is 4.22. The Bertz CT molecular complexity index is 1310. The summed E-state index contributed by atoms with van der Waals surface area (Å²) < 4.78 is 28.3. The lowest BCUT2D eigenvalue weighted by molar-refractivity contribution is -0.137. The lowest BCUT2D eigenvalue weighted by Gasteiger charge is -2.24. The van der Waals surface area contributed by atoms with Gasteiger partial charge in [0.15, 0.2) is 0 Å². The van der Waals surface area contributed by atoms with Crippen molar-refractivity contribution in [3.05, 3.63) is 40.3 Å². The van der Waals surface area contributed by atoms with Crippen LogP contribution in [0.1, 0.15) is 38.2 Å². The van der Waals surface area contributed by atoms with Crippen molar-refractivity contribution < 1.29 is 18.3 Å². The van der Waals surface area contributed by atoms with E-state index in [2.05, 4.69) is 9.97 Å². The Labute approximate surface area is 191 Å². The number of H-pyrrole nitrogens is 2. The largest absolute Gasteiger partial charge is 0.481 e. The van der Waals surface area contributed by atoms with Crippen molar-refractivity contribution in [1.82, 2.24) is 14.3 Å². The summed E-state index contributed by atoms with van der Waals surface area (Å²) in [5.41, 5.74) is 7.26. The highest BCUT2D eigenvalue weighted by Crippen LogP contribution is 2.34. The second kappa shape index (κ2) is 9.22. The second-order valence-corrected chi connectivity index (χ2v) is 10.1. The minimum atomic E-state index is -3.75. The number of pyridine rings is 1. The molecular weight excluding hydrogens is 456 g/mol. The summed E-state index contributed by atoms with van der Waals surface area (Å²) in [6.45, 7) is 2.03. The van der Waals surface area contributed by atoms with Crippen molar-refractivity contribution in [2.24, 2.45) is 5.73 Å². The van der Waals surface area contributed by atoms with Gasteiger partial charge in [0.2, 0.25) is 10.0 Å². The first-order valence-corrected chi connectivity index (χ1v) is 11.8. The first-order chi connectivity index (χ1) is 14.7. The molecule has 0 amide bonds. The number of aromatic amines is 2. The number of nitrogens with zero attached hydrogens (tertiary/aromatic N) is 1. The molecule has 0 spiro atoms. The normalized spacial score (nSPS) is 15.2. The monoisotopic (exact) mass is 482 g/mol. The molecule has 9 nitrogen and oxygen atoms in total. The molecular formula is C21H27ClN4O5S. The third-order valence-corrected chi connectivity index (χ3v) is 7.48. The molecule has 0 radical (unpaired) electrons. The molecule has 1 fully saturated rings. The van der Waals surface area contributed by atoms with Gasteiger partial charge in [0.1, 0.15) is 5.52 Å². The number of hydrogen-bond acceptors (Lipinski definition) is 5. The number of halogens is 1. The lowest BCUT2D eigenvalue weighted by atomic mass is 10.0. The maximum atomic E-state index is 13.4. The molecule has 174 valence electrons. The minimum Gasteiger partial charge on any atom is -0.481 e. The Balaban J connectivity index is 0.00000289. The smallest absolute Gasteiger partial charge is 0.303 e. The van der Waals surface area contributed by atoms with Gasteiger partial charge in [-0.1, -0.05) is 0 Å². The number of carbonyl (C=O) groups is 1. The molecule has 1 saturated carbocycles. The standard InChI is InChI=1S/C21H26N4O5S.ClH/c1-12(22)11-25(14-5-6-14)31(29,30)15-7-8-17-16(9-15)19-13(3-2-4-18(26)27)10-23-20(19)21(28)24-17;/h7-10,12,14,23H,2-6,11,22H2,1H3,(H,24,28)(H,26,27);1H/t12-;/m1./s1. The number of nitrogens with one attached hydrogen (secondary N) is 2. The van der Waals surface area contributed by atoms with Gasteiger partial charge in [0.25, 0.3) is 5.56 Å². The van der Waals surface area contributed by atoms with E-state index in [-0.39, 0.29) is 47.9 Å².